The number of primary amides is 1. The Balaban J connectivity index is 2.50. The van der Waals surface area contributed by atoms with Gasteiger partial charge in [0.1, 0.15) is 12.1 Å². The molecule has 0 bridgehead atoms. The minimum absolute atomic E-state index is 0.314. The van der Waals surface area contributed by atoms with Crippen molar-refractivity contribution in [1.82, 2.24) is 10.6 Å². The molecule has 0 radical (unpaired) electrons. The number of carbonyl (C=O) groups excluding carboxylic acids is 2. The monoisotopic (exact) mass is 245 g/mol. The van der Waals surface area contributed by atoms with Crippen molar-refractivity contribution in [2.75, 3.05) is 19.7 Å². The van der Waals surface area contributed by atoms with Gasteiger partial charge in [-0.2, -0.15) is 0 Å². The van der Waals surface area contributed by atoms with Crippen molar-refractivity contribution in [2.45, 2.75) is 18.6 Å². The van der Waals surface area contributed by atoms with Crippen LogP contribution >= 0.6 is 0 Å². The van der Waals surface area contributed by atoms with Gasteiger partial charge < -0.3 is 26.2 Å². The zero-order valence-corrected chi connectivity index (χ0v) is 9.14. The van der Waals surface area contributed by atoms with E-state index in [4.69, 9.17) is 15.6 Å². The predicted molar refractivity (Wildman–Crippen MR) is 56.0 cm³/mol. The van der Waals surface area contributed by atoms with Crippen LogP contribution in [0.4, 0.5) is 0 Å². The van der Waals surface area contributed by atoms with Gasteiger partial charge in [0.2, 0.25) is 5.91 Å². The van der Waals surface area contributed by atoms with Crippen LogP contribution < -0.4 is 16.4 Å². The van der Waals surface area contributed by atoms with Gasteiger partial charge in [0, 0.05) is 13.1 Å². The van der Waals surface area contributed by atoms with Crippen molar-refractivity contribution >= 4 is 17.8 Å². The van der Waals surface area contributed by atoms with E-state index in [1.807, 2.05) is 0 Å². The zero-order valence-electron chi connectivity index (χ0n) is 9.14. The van der Waals surface area contributed by atoms with Crippen LogP contribution in [0, 0.1) is 0 Å². The normalized spacial score (nSPS) is 21.5. The number of hydrogen-bond donors (Lipinski definition) is 4. The van der Waals surface area contributed by atoms with Crippen molar-refractivity contribution in [3.8, 4) is 0 Å². The molecule has 17 heavy (non-hydrogen) atoms. The average molecular weight is 245 g/mol. The number of nitrogens with one attached hydrogen (secondary N) is 2. The number of nitrogens with two attached hydrogens (primary N) is 1. The van der Waals surface area contributed by atoms with Crippen LogP contribution in [0.1, 0.15) is 6.42 Å². The van der Waals surface area contributed by atoms with E-state index < -0.39 is 36.4 Å². The van der Waals surface area contributed by atoms with Gasteiger partial charge in [-0.05, 0) is 0 Å². The first kappa shape index (κ1) is 13.4. The smallest absolute Gasteiger partial charge is 0.326 e. The molecule has 1 rings (SSSR count). The molecular formula is C9H15N3O5. The van der Waals surface area contributed by atoms with Crippen molar-refractivity contribution < 1.29 is 24.2 Å². The van der Waals surface area contributed by atoms with Crippen LogP contribution in [0.25, 0.3) is 0 Å². The highest BCUT2D eigenvalue weighted by Gasteiger charge is 2.27. The van der Waals surface area contributed by atoms with Gasteiger partial charge in [-0.3, -0.25) is 9.59 Å². The van der Waals surface area contributed by atoms with Gasteiger partial charge >= 0.3 is 5.97 Å². The first-order valence-corrected chi connectivity index (χ1v) is 5.14. The molecule has 1 saturated heterocycles. The lowest BCUT2D eigenvalue weighted by molar-refractivity contribution is -0.146. The van der Waals surface area contributed by atoms with Gasteiger partial charge in [-0.15, -0.1) is 0 Å². The molecule has 1 heterocycles. The average Bonchev–Trinajstić information content (AvgIpc) is 2.28. The van der Waals surface area contributed by atoms with Crippen LogP contribution in [0.2, 0.25) is 0 Å². The second kappa shape index (κ2) is 6.16. The summed E-state index contributed by atoms with van der Waals surface area (Å²) in [7, 11) is 0. The summed E-state index contributed by atoms with van der Waals surface area (Å²) in [5.41, 5.74) is 4.89. The molecule has 1 fully saturated rings. The molecule has 8 heteroatoms. The highest BCUT2D eigenvalue weighted by atomic mass is 16.5. The first-order chi connectivity index (χ1) is 8.00. The third-order valence-electron chi connectivity index (χ3n) is 2.24. The molecule has 8 nitrogen and oxygen atoms in total. The van der Waals surface area contributed by atoms with Crippen molar-refractivity contribution in [2.24, 2.45) is 5.73 Å². The van der Waals surface area contributed by atoms with Gasteiger partial charge in [0.05, 0.1) is 13.0 Å². The number of amides is 2. The Bertz CT molecular complexity index is 314. The summed E-state index contributed by atoms with van der Waals surface area (Å²) in [6.45, 7) is 1.34. The van der Waals surface area contributed by atoms with E-state index in [9.17, 15) is 14.4 Å². The van der Waals surface area contributed by atoms with Crippen molar-refractivity contribution in [3.63, 3.8) is 0 Å². The number of carboxylic acid groups (broad SMARTS) is 1. The molecule has 0 aliphatic carbocycles. The molecule has 5 N–H and O–H groups in total. The Labute approximate surface area is 97.5 Å². The number of carbonyl (C=O) groups is 3. The molecule has 2 atom stereocenters. The fraction of sp³-hybridized carbons (Fsp3) is 0.667. The SMILES string of the molecule is NC(=O)CC(NC(=O)C1CNCCO1)C(=O)O. The fourth-order valence-electron chi connectivity index (χ4n) is 1.40. The Morgan fingerprint density at radius 3 is 2.71 bits per heavy atom. The molecule has 0 aromatic heterocycles. The van der Waals surface area contributed by atoms with E-state index in [2.05, 4.69) is 10.6 Å². The summed E-state index contributed by atoms with van der Waals surface area (Å²) < 4.78 is 5.14. The van der Waals surface area contributed by atoms with E-state index in [0.29, 0.717) is 19.7 Å². The van der Waals surface area contributed by atoms with E-state index in [-0.39, 0.29) is 0 Å². The Kier molecular flexibility index (Phi) is 4.85. The number of aliphatic carboxylic acids is 1. The molecule has 0 spiro atoms. The highest BCUT2D eigenvalue weighted by molar-refractivity contribution is 5.89. The summed E-state index contributed by atoms with van der Waals surface area (Å²) in [6.07, 6.45) is -1.18. The van der Waals surface area contributed by atoms with E-state index in [1.165, 1.54) is 0 Å². The predicted octanol–water partition coefficient (Wildman–Crippen LogP) is -2.58. The van der Waals surface area contributed by atoms with Crippen molar-refractivity contribution in [3.05, 3.63) is 0 Å². The molecule has 0 saturated carbocycles. The van der Waals surface area contributed by atoms with E-state index in [1.54, 1.807) is 0 Å². The minimum Gasteiger partial charge on any atom is -0.480 e. The van der Waals surface area contributed by atoms with Crippen LogP contribution in [-0.4, -0.2) is 54.7 Å². The maximum atomic E-state index is 11.6. The zero-order chi connectivity index (χ0) is 12.8. The number of morpholine rings is 1. The molecule has 96 valence electrons. The van der Waals surface area contributed by atoms with E-state index in [0.717, 1.165) is 0 Å². The summed E-state index contributed by atoms with van der Waals surface area (Å²) in [5, 5.41) is 13.9. The Hall–Kier alpha value is -1.67. The molecular weight excluding hydrogens is 230 g/mol. The maximum absolute atomic E-state index is 11.6. The van der Waals surface area contributed by atoms with Gasteiger partial charge in [-0.25, -0.2) is 4.79 Å². The number of rotatable bonds is 5. The summed E-state index contributed by atoms with van der Waals surface area (Å²) >= 11 is 0. The summed E-state index contributed by atoms with van der Waals surface area (Å²) in [5.74, 6) is -2.66. The third-order valence-corrected chi connectivity index (χ3v) is 2.24. The van der Waals surface area contributed by atoms with Crippen LogP contribution in [0.5, 0.6) is 0 Å². The second-order valence-corrected chi connectivity index (χ2v) is 3.63. The van der Waals surface area contributed by atoms with Gasteiger partial charge in [0.15, 0.2) is 0 Å². The fourth-order valence-corrected chi connectivity index (χ4v) is 1.40. The highest BCUT2D eigenvalue weighted by Crippen LogP contribution is 1.99. The quantitative estimate of drug-likeness (QED) is 0.421. The minimum atomic E-state index is -1.31. The largest absolute Gasteiger partial charge is 0.480 e. The standard InChI is InChI=1S/C9H15N3O5/c10-7(13)3-5(9(15)16)12-8(14)6-4-11-1-2-17-6/h5-6,11H,1-4H2,(H2,10,13)(H,12,14)(H,15,16). The Morgan fingerprint density at radius 1 is 1.53 bits per heavy atom. The number of ether oxygens (including phenoxy) is 1. The topological polar surface area (TPSA) is 131 Å². The van der Waals surface area contributed by atoms with Gasteiger partial charge in [-0.1, -0.05) is 0 Å². The Morgan fingerprint density at radius 2 is 2.24 bits per heavy atom. The molecule has 0 aromatic rings. The molecule has 1 aliphatic heterocycles. The first-order valence-electron chi connectivity index (χ1n) is 5.14. The summed E-state index contributed by atoms with van der Waals surface area (Å²) in [6, 6.07) is -1.31. The molecule has 2 amide bonds. The van der Waals surface area contributed by atoms with Crippen LogP contribution in [-0.2, 0) is 19.1 Å². The molecule has 2 unspecified atom stereocenters. The van der Waals surface area contributed by atoms with Crippen molar-refractivity contribution in [1.29, 1.82) is 0 Å². The van der Waals surface area contributed by atoms with Crippen LogP contribution in [0.3, 0.4) is 0 Å². The van der Waals surface area contributed by atoms with Gasteiger partial charge in [0.25, 0.3) is 5.91 Å². The molecule has 1 aliphatic rings. The molecule has 0 aromatic carbocycles. The lowest BCUT2D eigenvalue weighted by Crippen LogP contribution is -2.52. The van der Waals surface area contributed by atoms with Crippen LogP contribution in [0.15, 0.2) is 0 Å². The number of carboxylic acids is 1. The summed E-state index contributed by atoms with van der Waals surface area (Å²) in [4.78, 5) is 33.0. The van der Waals surface area contributed by atoms with E-state index >= 15 is 0 Å². The number of hydrogen-bond acceptors (Lipinski definition) is 5. The maximum Gasteiger partial charge on any atom is 0.326 e. The third kappa shape index (κ3) is 4.37. The second-order valence-electron chi connectivity index (χ2n) is 3.63. The lowest BCUT2D eigenvalue weighted by Gasteiger charge is -2.24. The lowest BCUT2D eigenvalue weighted by atomic mass is 10.2.